The first-order valence-electron chi connectivity index (χ1n) is 4.59. The molecule has 2 rings (SSSR count). The third kappa shape index (κ3) is 1.30. The van der Waals surface area contributed by atoms with Crippen LogP contribution >= 0.6 is 0 Å². The van der Waals surface area contributed by atoms with Gasteiger partial charge >= 0.3 is 0 Å². The lowest BCUT2D eigenvalue weighted by Crippen LogP contribution is -2.18. The number of halogens is 1. The van der Waals surface area contributed by atoms with E-state index in [2.05, 4.69) is 0 Å². The van der Waals surface area contributed by atoms with Gasteiger partial charge in [0, 0.05) is 5.41 Å². The number of aromatic hydroxyl groups is 1. The highest BCUT2D eigenvalue weighted by Gasteiger charge is 2.49. The molecule has 1 aromatic rings. The highest BCUT2D eigenvalue weighted by Crippen LogP contribution is 2.52. The maximum Gasteiger partial charge on any atom is 0.115 e. The first-order chi connectivity index (χ1) is 6.15. The van der Waals surface area contributed by atoms with Crippen LogP contribution in [-0.4, -0.2) is 11.3 Å². The smallest absolute Gasteiger partial charge is 0.115 e. The zero-order valence-electron chi connectivity index (χ0n) is 7.63. The Labute approximate surface area is 77.2 Å². The van der Waals surface area contributed by atoms with Gasteiger partial charge in [-0.3, -0.25) is 0 Å². The molecule has 2 heteroatoms. The summed E-state index contributed by atoms with van der Waals surface area (Å²) in [6.07, 6.45) is 0.969. The van der Waals surface area contributed by atoms with Crippen molar-refractivity contribution in [2.24, 2.45) is 0 Å². The summed E-state index contributed by atoms with van der Waals surface area (Å²) in [5.41, 5.74) is 0.640. The molecule has 0 spiro atoms. The van der Waals surface area contributed by atoms with Crippen LogP contribution < -0.4 is 0 Å². The second kappa shape index (κ2) is 2.72. The second-order valence-corrected chi connectivity index (χ2v) is 3.82. The van der Waals surface area contributed by atoms with Crippen molar-refractivity contribution in [2.75, 3.05) is 0 Å². The van der Waals surface area contributed by atoms with Gasteiger partial charge in [-0.2, -0.15) is 0 Å². The summed E-state index contributed by atoms with van der Waals surface area (Å²) in [4.78, 5) is 0. The lowest BCUT2D eigenvalue weighted by Gasteiger charge is -2.16. The molecule has 1 aliphatic rings. The molecular formula is C11H13FO. The van der Waals surface area contributed by atoms with E-state index < -0.39 is 6.17 Å². The monoisotopic (exact) mass is 180 g/mol. The van der Waals surface area contributed by atoms with Gasteiger partial charge in [-0.05, 0) is 37.5 Å². The molecule has 0 aliphatic heterocycles. The van der Waals surface area contributed by atoms with E-state index in [1.165, 1.54) is 0 Å². The van der Waals surface area contributed by atoms with E-state index in [0.29, 0.717) is 0 Å². The highest BCUT2D eigenvalue weighted by atomic mass is 19.1. The van der Waals surface area contributed by atoms with Crippen molar-refractivity contribution in [3.63, 3.8) is 0 Å². The van der Waals surface area contributed by atoms with Crippen LogP contribution in [0, 0.1) is 0 Å². The van der Waals surface area contributed by atoms with Gasteiger partial charge in [-0.15, -0.1) is 0 Å². The Balaban J connectivity index is 2.35. The van der Waals surface area contributed by atoms with Gasteiger partial charge in [0.25, 0.3) is 0 Å². The Kier molecular flexibility index (Phi) is 1.79. The number of phenols is 1. The SMILES string of the molecule is CC(F)C1(c2cccc(O)c2)CC1. The van der Waals surface area contributed by atoms with E-state index in [4.69, 9.17) is 0 Å². The highest BCUT2D eigenvalue weighted by molar-refractivity contribution is 5.37. The molecular weight excluding hydrogens is 167 g/mol. The van der Waals surface area contributed by atoms with Crippen molar-refractivity contribution in [1.29, 1.82) is 0 Å². The number of rotatable bonds is 2. The molecule has 0 bridgehead atoms. The standard InChI is InChI=1S/C11H13FO/c1-8(12)11(5-6-11)9-3-2-4-10(13)7-9/h2-4,7-8,13H,5-6H2,1H3. The van der Waals surface area contributed by atoms with Crippen LogP contribution in [0.2, 0.25) is 0 Å². The van der Waals surface area contributed by atoms with Crippen molar-refractivity contribution in [3.8, 4) is 5.75 Å². The molecule has 1 fully saturated rings. The van der Waals surface area contributed by atoms with Gasteiger partial charge in [0.2, 0.25) is 0 Å². The lowest BCUT2D eigenvalue weighted by molar-refractivity contribution is 0.290. The summed E-state index contributed by atoms with van der Waals surface area (Å²) in [5, 5.41) is 9.26. The topological polar surface area (TPSA) is 20.2 Å². The quantitative estimate of drug-likeness (QED) is 0.742. The zero-order valence-corrected chi connectivity index (χ0v) is 7.63. The molecule has 0 radical (unpaired) electrons. The van der Waals surface area contributed by atoms with Crippen molar-refractivity contribution >= 4 is 0 Å². The van der Waals surface area contributed by atoms with E-state index >= 15 is 0 Å². The molecule has 0 heterocycles. The van der Waals surface area contributed by atoms with Gasteiger partial charge < -0.3 is 5.11 Å². The minimum absolute atomic E-state index is 0.226. The normalized spacial score (nSPS) is 21.1. The fraction of sp³-hybridized carbons (Fsp3) is 0.455. The van der Waals surface area contributed by atoms with Gasteiger partial charge in [-0.1, -0.05) is 12.1 Å². The van der Waals surface area contributed by atoms with E-state index in [1.807, 2.05) is 6.07 Å². The number of phenolic OH excluding ortho intramolecular Hbond substituents is 1. The van der Waals surface area contributed by atoms with Gasteiger partial charge in [-0.25, -0.2) is 4.39 Å². The molecule has 13 heavy (non-hydrogen) atoms. The Bertz CT molecular complexity index is 316. The first kappa shape index (κ1) is 8.54. The molecule has 1 aliphatic carbocycles. The number of alkyl halides is 1. The molecule has 1 atom stereocenters. The molecule has 1 unspecified atom stereocenters. The third-order valence-electron chi connectivity index (χ3n) is 2.97. The summed E-state index contributed by atoms with van der Waals surface area (Å²) in [7, 11) is 0. The first-order valence-corrected chi connectivity index (χ1v) is 4.59. The second-order valence-electron chi connectivity index (χ2n) is 3.82. The van der Waals surface area contributed by atoms with Crippen LogP contribution in [-0.2, 0) is 5.41 Å². The fourth-order valence-electron chi connectivity index (χ4n) is 1.87. The maximum atomic E-state index is 13.3. The average Bonchev–Trinajstić information content (AvgIpc) is 2.83. The van der Waals surface area contributed by atoms with E-state index in [-0.39, 0.29) is 11.2 Å². The van der Waals surface area contributed by atoms with Crippen molar-refractivity contribution in [2.45, 2.75) is 31.4 Å². The van der Waals surface area contributed by atoms with Crippen LogP contribution in [0.3, 0.4) is 0 Å². The van der Waals surface area contributed by atoms with Gasteiger partial charge in [0.05, 0.1) is 0 Å². The van der Waals surface area contributed by atoms with E-state index in [1.54, 1.807) is 25.1 Å². The minimum atomic E-state index is -0.825. The molecule has 0 aromatic heterocycles. The largest absolute Gasteiger partial charge is 0.508 e. The van der Waals surface area contributed by atoms with E-state index in [9.17, 15) is 9.50 Å². The summed E-state index contributed by atoms with van der Waals surface area (Å²) < 4.78 is 13.3. The molecule has 1 saturated carbocycles. The minimum Gasteiger partial charge on any atom is -0.508 e. The van der Waals surface area contributed by atoms with Crippen LogP contribution in [0.25, 0.3) is 0 Å². The Hall–Kier alpha value is -1.05. The molecule has 1 aromatic carbocycles. The summed E-state index contributed by atoms with van der Waals surface area (Å²) in [6, 6.07) is 6.95. The summed E-state index contributed by atoms with van der Waals surface area (Å²) >= 11 is 0. The molecule has 1 nitrogen and oxygen atoms in total. The average molecular weight is 180 g/mol. The van der Waals surface area contributed by atoms with Crippen molar-refractivity contribution in [1.82, 2.24) is 0 Å². The lowest BCUT2D eigenvalue weighted by atomic mass is 9.92. The Morgan fingerprint density at radius 3 is 2.62 bits per heavy atom. The van der Waals surface area contributed by atoms with Gasteiger partial charge in [0.15, 0.2) is 0 Å². The van der Waals surface area contributed by atoms with Crippen molar-refractivity contribution < 1.29 is 9.50 Å². The summed E-state index contributed by atoms with van der Waals surface area (Å²) in [5.74, 6) is 0.226. The summed E-state index contributed by atoms with van der Waals surface area (Å²) in [6.45, 7) is 1.59. The van der Waals surface area contributed by atoms with Crippen LogP contribution in [0.4, 0.5) is 4.39 Å². The van der Waals surface area contributed by atoms with E-state index in [0.717, 1.165) is 18.4 Å². The molecule has 1 N–H and O–H groups in total. The zero-order chi connectivity index (χ0) is 9.47. The van der Waals surface area contributed by atoms with Crippen LogP contribution in [0.1, 0.15) is 25.3 Å². The van der Waals surface area contributed by atoms with Gasteiger partial charge in [0.1, 0.15) is 11.9 Å². The van der Waals surface area contributed by atoms with Crippen LogP contribution in [0.5, 0.6) is 5.75 Å². The molecule has 0 amide bonds. The Morgan fingerprint density at radius 1 is 1.46 bits per heavy atom. The maximum absolute atomic E-state index is 13.3. The molecule has 0 saturated heterocycles. The Morgan fingerprint density at radius 2 is 2.15 bits per heavy atom. The predicted octanol–water partition coefficient (Wildman–Crippen LogP) is 2.78. The van der Waals surface area contributed by atoms with Crippen LogP contribution in [0.15, 0.2) is 24.3 Å². The number of benzene rings is 1. The molecule has 70 valence electrons. The number of hydrogen-bond acceptors (Lipinski definition) is 1. The van der Waals surface area contributed by atoms with Crippen molar-refractivity contribution in [3.05, 3.63) is 29.8 Å². The third-order valence-corrected chi connectivity index (χ3v) is 2.97. The fourth-order valence-corrected chi connectivity index (χ4v) is 1.87. The number of hydrogen-bond donors (Lipinski definition) is 1. The predicted molar refractivity (Wildman–Crippen MR) is 49.6 cm³/mol.